The number of carbonyl (C=O) groups excluding carboxylic acids is 1. The Bertz CT molecular complexity index is 598. The Morgan fingerprint density at radius 1 is 1.55 bits per heavy atom. The van der Waals surface area contributed by atoms with Crippen molar-refractivity contribution in [3.63, 3.8) is 0 Å². The molecule has 110 valence electrons. The van der Waals surface area contributed by atoms with Crippen LogP contribution in [0, 0.1) is 0 Å². The average Bonchev–Trinajstić information content (AvgIpc) is 2.79. The highest BCUT2D eigenvalue weighted by Gasteiger charge is 2.35. The number of nitrogens with zero attached hydrogens (tertiary/aromatic N) is 2. The van der Waals surface area contributed by atoms with E-state index in [4.69, 9.17) is 5.11 Å². The van der Waals surface area contributed by atoms with E-state index < -0.39 is 34.3 Å². The SMILES string of the molecule is O=C(O)CC1CS(=O)(=O)CCN1C(=O)Nc1nccs1. The van der Waals surface area contributed by atoms with Gasteiger partial charge < -0.3 is 10.0 Å². The fraction of sp³-hybridized carbons (Fsp3) is 0.500. The molecule has 1 atom stereocenters. The van der Waals surface area contributed by atoms with Gasteiger partial charge in [0, 0.05) is 18.1 Å². The molecule has 10 heteroatoms. The van der Waals surface area contributed by atoms with Crippen molar-refractivity contribution < 1.29 is 23.1 Å². The van der Waals surface area contributed by atoms with Crippen molar-refractivity contribution in [2.45, 2.75) is 12.5 Å². The van der Waals surface area contributed by atoms with E-state index in [0.29, 0.717) is 5.13 Å². The Morgan fingerprint density at radius 3 is 2.90 bits per heavy atom. The predicted octanol–water partition coefficient (Wildman–Crippen LogP) is 0.249. The molecule has 1 aromatic rings. The van der Waals surface area contributed by atoms with Crippen LogP contribution in [-0.4, -0.2) is 59.5 Å². The van der Waals surface area contributed by atoms with E-state index in [2.05, 4.69) is 10.3 Å². The van der Waals surface area contributed by atoms with Crippen LogP contribution in [0.25, 0.3) is 0 Å². The largest absolute Gasteiger partial charge is 0.481 e. The minimum Gasteiger partial charge on any atom is -0.481 e. The van der Waals surface area contributed by atoms with E-state index in [9.17, 15) is 18.0 Å². The molecule has 1 aliphatic rings. The van der Waals surface area contributed by atoms with E-state index in [1.54, 1.807) is 5.38 Å². The highest BCUT2D eigenvalue weighted by atomic mass is 32.2. The first-order valence-electron chi connectivity index (χ1n) is 5.77. The third kappa shape index (κ3) is 3.67. The average molecular weight is 319 g/mol. The number of aromatic nitrogens is 1. The summed E-state index contributed by atoms with van der Waals surface area (Å²) in [6, 6.07) is -1.38. The van der Waals surface area contributed by atoms with Gasteiger partial charge in [-0.3, -0.25) is 10.1 Å². The van der Waals surface area contributed by atoms with E-state index in [1.165, 1.54) is 22.4 Å². The van der Waals surface area contributed by atoms with Gasteiger partial charge in [0.2, 0.25) is 0 Å². The van der Waals surface area contributed by atoms with Crippen LogP contribution in [0.15, 0.2) is 11.6 Å². The Balaban J connectivity index is 2.11. The van der Waals surface area contributed by atoms with Crippen LogP contribution in [0.5, 0.6) is 0 Å². The lowest BCUT2D eigenvalue weighted by Gasteiger charge is -2.34. The molecule has 8 nitrogen and oxygen atoms in total. The van der Waals surface area contributed by atoms with E-state index in [0.717, 1.165) is 0 Å². The van der Waals surface area contributed by atoms with Crippen LogP contribution in [0.1, 0.15) is 6.42 Å². The standard InChI is InChI=1S/C10H13N3O5S2/c14-8(15)5-7-6-20(17,18)4-2-13(7)10(16)12-9-11-1-3-19-9/h1,3,7H,2,4-6H2,(H,14,15)(H,11,12,16). The number of hydrogen-bond donors (Lipinski definition) is 2. The molecule has 0 radical (unpaired) electrons. The number of amides is 2. The van der Waals surface area contributed by atoms with Gasteiger partial charge in [-0.1, -0.05) is 0 Å². The van der Waals surface area contributed by atoms with Crippen LogP contribution in [0.3, 0.4) is 0 Å². The number of thiazole rings is 1. The summed E-state index contributed by atoms with van der Waals surface area (Å²) in [7, 11) is -3.30. The predicted molar refractivity (Wildman–Crippen MR) is 72.5 cm³/mol. The number of aliphatic carboxylic acids is 1. The molecule has 2 N–H and O–H groups in total. The minimum atomic E-state index is -3.30. The number of carboxylic acids is 1. The van der Waals surface area contributed by atoms with Gasteiger partial charge in [0.05, 0.1) is 24.0 Å². The number of carboxylic acid groups (broad SMARTS) is 1. The molecule has 1 unspecified atom stereocenters. The highest BCUT2D eigenvalue weighted by Crippen LogP contribution is 2.18. The fourth-order valence-electron chi connectivity index (χ4n) is 1.97. The van der Waals surface area contributed by atoms with Crippen LogP contribution < -0.4 is 5.32 Å². The summed E-state index contributed by atoms with van der Waals surface area (Å²) >= 11 is 1.23. The zero-order valence-electron chi connectivity index (χ0n) is 10.4. The number of sulfone groups is 1. The first kappa shape index (κ1) is 14.7. The van der Waals surface area contributed by atoms with E-state index >= 15 is 0 Å². The number of urea groups is 1. The van der Waals surface area contributed by atoms with Gasteiger partial charge in [-0.2, -0.15) is 0 Å². The van der Waals surface area contributed by atoms with Crippen LogP contribution >= 0.6 is 11.3 Å². The molecule has 0 spiro atoms. The first-order chi connectivity index (χ1) is 9.37. The van der Waals surface area contributed by atoms with Crippen molar-refractivity contribution in [1.29, 1.82) is 0 Å². The third-order valence-corrected chi connectivity index (χ3v) is 5.23. The Morgan fingerprint density at radius 2 is 2.30 bits per heavy atom. The summed E-state index contributed by atoms with van der Waals surface area (Å²) in [5.74, 6) is -1.63. The Kier molecular flexibility index (Phi) is 4.23. The normalized spacial score (nSPS) is 21.4. The fourth-order valence-corrected chi connectivity index (χ4v) is 4.02. The molecule has 1 aliphatic heterocycles. The third-order valence-electron chi connectivity index (χ3n) is 2.85. The maximum Gasteiger partial charge on any atom is 0.323 e. The Labute approximate surface area is 119 Å². The van der Waals surface area contributed by atoms with Crippen molar-refractivity contribution in [1.82, 2.24) is 9.88 Å². The van der Waals surface area contributed by atoms with Crippen LogP contribution in [-0.2, 0) is 14.6 Å². The number of carbonyl (C=O) groups is 2. The maximum absolute atomic E-state index is 12.1. The molecular formula is C10H13N3O5S2. The number of rotatable bonds is 3. The number of hydrogen-bond acceptors (Lipinski definition) is 6. The van der Waals surface area contributed by atoms with Crippen molar-refractivity contribution in [3.8, 4) is 0 Å². The van der Waals surface area contributed by atoms with Gasteiger partial charge in [-0.25, -0.2) is 18.2 Å². The minimum absolute atomic E-state index is 0.0164. The Hall–Kier alpha value is -1.68. The summed E-state index contributed by atoms with van der Waals surface area (Å²) in [5.41, 5.74) is 0. The summed E-state index contributed by atoms with van der Waals surface area (Å²) in [6.45, 7) is -0.0164. The molecule has 1 aromatic heterocycles. The molecule has 0 aliphatic carbocycles. The van der Waals surface area contributed by atoms with Crippen molar-refractivity contribution in [3.05, 3.63) is 11.6 Å². The molecule has 0 aromatic carbocycles. The molecule has 2 rings (SSSR count). The highest BCUT2D eigenvalue weighted by molar-refractivity contribution is 7.91. The van der Waals surface area contributed by atoms with Crippen LogP contribution in [0.2, 0.25) is 0 Å². The number of anilines is 1. The second-order valence-corrected chi connectivity index (χ2v) is 7.45. The lowest BCUT2D eigenvalue weighted by Crippen LogP contribution is -2.53. The maximum atomic E-state index is 12.1. The lowest BCUT2D eigenvalue weighted by molar-refractivity contribution is -0.137. The van der Waals surface area contributed by atoms with E-state index in [1.807, 2.05) is 0 Å². The van der Waals surface area contributed by atoms with Crippen molar-refractivity contribution in [2.24, 2.45) is 0 Å². The molecule has 2 amide bonds. The summed E-state index contributed by atoms with van der Waals surface area (Å²) in [6.07, 6.45) is 1.13. The van der Waals surface area contributed by atoms with Gasteiger partial charge in [0.1, 0.15) is 0 Å². The van der Waals surface area contributed by atoms with Crippen molar-refractivity contribution in [2.75, 3.05) is 23.4 Å². The number of nitrogens with one attached hydrogen (secondary N) is 1. The second-order valence-electron chi connectivity index (χ2n) is 4.33. The smallest absolute Gasteiger partial charge is 0.323 e. The summed E-state index contributed by atoms with van der Waals surface area (Å²) < 4.78 is 23.1. The van der Waals surface area contributed by atoms with E-state index in [-0.39, 0.29) is 18.1 Å². The zero-order chi connectivity index (χ0) is 14.8. The summed E-state index contributed by atoms with van der Waals surface area (Å²) in [5, 5.41) is 13.4. The molecular weight excluding hydrogens is 306 g/mol. The molecule has 1 fully saturated rings. The van der Waals surface area contributed by atoms with Gasteiger partial charge >= 0.3 is 12.0 Å². The molecule has 0 bridgehead atoms. The zero-order valence-corrected chi connectivity index (χ0v) is 12.0. The molecule has 0 saturated carbocycles. The summed E-state index contributed by atoms with van der Waals surface area (Å²) in [4.78, 5) is 28.0. The lowest BCUT2D eigenvalue weighted by atomic mass is 10.2. The first-order valence-corrected chi connectivity index (χ1v) is 8.47. The molecule has 20 heavy (non-hydrogen) atoms. The van der Waals surface area contributed by atoms with Crippen molar-refractivity contribution >= 4 is 38.3 Å². The van der Waals surface area contributed by atoms with Gasteiger partial charge in [-0.05, 0) is 0 Å². The van der Waals surface area contributed by atoms with Gasteiger partial charge in [0.15, 0.2) is 15.0 Å². The second kappa shape index (κ2) is 5.75. The monoisotopic (exact) mass is 319 g/mol. The molecule has 2 heterocycles. The van der Waals surface area contributed by atoms with Gasteiger partial charge in [0.25, 0.3) is 0 Å². The van der Waals surface area contributed by atoms with Crippen LogP contribution in [0.4, 0.5) is 9.93 Å². The topological polar surface area (TPSA) is 117 Å². The van der Waals surface area contributed by atoms with Gasteiger partial charge in [-0.15, -0.1) is 11.3 Å². The molecule has 1 saturated heterocycles. The quantitative estimate of drug-likeness (QED) is 0.825.